The number of carbonyl (C=O) groups is 1. The van der Waals surface area contributed by atoms with E-state index in [1.807, 2.05) is 60.9 Å². The van der Waals surface area contributed by atoms with E-state index in [9.17, 15) is 9.90 Å². The molecule has 0 radical (unpaired) electrons. The normalized spacial score (nSPS) is 19.2. The Kier molecular flexibility index (Phi) is 5.37. The third kappa shape index (κ3) is 3.90. The van der Waals surface area contributed by atoms with Crippen LogP contribution >= 0.6 is 0 Å². The van der Waals surface area contributed by atoms with Crippen LogP contribution in [0.4, 0.5) is 0 Å². The number of aliphatic hydroxyl groups excluding tert-OH is 1. The number of benzene rings is 1. The molecule has 2 atom stereocenters. The van der Waals surface area contributed by atoms with Gasteiger partial charge in [0.1, 0.15) is 0 Å². The van der Waals surface area contributed by atoms with Gasteiger partial charge in [0.15, 0.2) is 0 Å². The zero-order valence-corrected chi connectivity index (χ0v) is 17.3. The van der Waals surface area contributed by atoms with Crippen molar-refractivity contribution in [2.45, 2.75) is 39.2 Å². The van der Waals surface area contributed by atoms with Crippen molar-refractivity contribution < 1.29 is 9.90 Å². The number of amides is 1. The Balaban J connectivity index is 1.41. The SMILES string of the molecule is Cc1nn(C)c(C)c1CCC(=O)N1C[C@@H](Cc2ccnc3ccccc23)[C@H](O)C1. The van der Waals surface area contributed by atoms with Crippen molar-refractivity contribution >= 4 is 16.8 Å². The van der Waals surface area contributed by atoms with E-state index in [0.717, 1.165) is 34.3 Å². The van der Waals surface area contributed by atoms with E-state index < -0.39 is 6.10 Å². The summed E-state index contributed by atoms with van der Waals surface area (Å²) in [5.41, 5.74) is 5.39. The second-order valence-corrected chi connectivity index (χ2v) is 8.09. The number of carbonyl (C=O) groups excluding carboxylic acids is 1. The molecule has 1 saturated heterocycles. The highest BCUT2D eigenvalue weighted by atomic mass is 16.3. The van der Waals surface area contributed by atoms with E-state index >= 15 is 0 Å². The summed E-state index contributed by atoms with van der Waals surface area (Å²) in [5, 5.41) is 16.1. The molecule has 0 bridgehead atoms. The summed E-state index contributed by atoms with van der Waals surface area (Å²) < 4.78 is 1.86. The van der Waals surface area contributed by atoms with E-state index in [4.69, 9.17) is 0 Å². The molecule has 4 rings (SSSR count). The standard InChI is InChI=1S/C23H28N4O2/c1-15-19(16(2)26(3)25-15)8-9-23(29)27-13-18(22(28)14-27)12-17-10-11-24-21-7-5-4-6-20(17)21/h4-7,10-11,18,22,28H,8-9,12-14H2,1-3H3/t18-,22-/m1/s1. The Morgan fingerprint density at radius 1 is 1.21 bits per heavy atom. The number of aliphatic hydroxyl groups is 1. The number of para-hydroxylation sites is 1. The molecule has 1 fully saturated rings. The fourth-order valence-corrected chi connectivity index (χ4v) is 4.44. The van der Waals surface area contributed by atoms with Gasteiger partial charge in [-0.3, -0.25) is 14.5 Å². The molecule has 3 aromatic rings. The summed E-state index contributed by atoms with van der Waals surface area (Å²) in [6.45, 7) is 5.04. The van der Waals surface area contributed by atoms with Crippen LogP contribution in [0.5, 0.6) is 0 Å². The first kappa shape index (κ1) is 19.6. The Morgan fingerprint density at radius 3 is 2.76 bits per heavy atom. The molecular weight excluding hydrogens is 364 g/mol. The summed E-state index contributed by atoms with van der Waals surface area (Å²) in [4.78, 5) is 19.0. The molecule has 0 saturated carbocycles. The fourth-order valence-electron chi connectivity index (χ4n) is 4.44. The lowest BCUT2D eigenvalue weighted by atomic mass is 9.94. The van der Waals surface area contributed by atoms with Crippen LogP contribution < -0.4 is 0 Å². The first-order chi connectivity index (χ1) is 13.9. The number of rotatable bonds is 5. The molecule has 0 spiro atoms. The molecular formula is C23H28N4O2. The number of nitrogens with zero attached hydrogens (tertiary/aromatic N) is 4. The molecule has 0 unspecified atom stereocenters. The van der Waals surface area contributed by atoms with Gasteiger partial charge in [-0.25, -0.2) is 0 Å². The Labute approximate surface area is 171 Å². The summed E-state index contributed by atoms with van der Waals surface area (Å²) >= 11 is 0. The third-order valence-electron chi connectivity index (χ3n) is 6.23. The molecule has 6 nitrogen and oxygen atoms in total. The lowest BCUT2D eigenvalue weighted by Gasteiger charge is -2.17. The third-order valence-corrected chi connectivity index (χ3v) is 6.23. The second kappa shape index (κ2) is 7.95. The van der Waals surface area contributed by atoms with Crippen molar-refractivity contribution in [2.24, 2.45) is 13.0 Å². The van der Waals surface area contributed by atoms with Gasteiger partial charge in [-0.2, -0.15) is 5.10 Å². The lowest BCUT2D eigenvalue weighted by Crippen LogP contribution is -2.29. The van der Waals surface area contributed by atoms with Gasteiger partial charge in [0.25, 0.3) is 0 Å². The molecule has 29 heavy (non-hydrogen) atoms. The lowest BCUT2D eigenvalue weighted by molar-refractivity contribution is -0.130. The zero-order chi connectivity index (χ0) is 20.5. The Hall–Kier alpha value is -2.73. The number of aromatic nitrogens is 3. The molecule has 1 aliphatic heterocycles. The Morgan fingerprint density at radius 2 is 2.00 bits per heavy atom. The molecule has 1 aromatic carbocycles. The van der Waals surface area contributed by atoms with Gasteiger partial charge in [-0.05, 0) is 49.9 Å². The van der Waals surface area contributed by atoms with Crippen molar-refractivity contribution in [3.8, 4) is 0 Å². The van der Waals surface area contributed by atoms with Crippen molar-refractivity contribution in [2.75, 3.05) is 13.1 Å². The predicted molar refractivity (Wildman–Crippen MR) is 113 cm³/mol. The first-order valence-corrected chi connectivity index (χ1v) is 10.2. The number of hydrogen-bond donors (Lipinski definition) is 1. The zero-order valence-electron chi connectivity index (χ0n) is 17.3. The van der Waals surface area contributed by atoms with E-state index in [1.54, 1.807) is 0 Å². The minimum absolute atomic E-state index is 0.0478. The van der Waals surface area contributed by atoms with E-state index in [1.165, 1.54) is 5.56 Å². The fraction of sp³-hybridized carbons (Fsp3) is 0.435. The van der Waals surface area contributed by atoms with E-state index in [2.05, 4.69) is 16.1 Å². The van der Waals surface area contributed by atoms with Crippen LogP contribution in [0.1, 0.15) is 28.9 Å². The van der Waals surface area contributed by atoms with Crippen LogP contribution in [0.3, 0.4) is 0 Å². The number of fused-ring (bicyclic) bond motifs is 1. The number of hydrogen-bond acceptors (Lipinski definition) is 4. The van der Waals surface area contributed by atoms with Gasteiger partial charge < -0.3 is 10.0 Å². The van der Waals surface area contributed by atoms with Gasteiger partial charge in [0.05, 0.1) is 17.3 Å². The highest BCUT2D eigenvalue weighted by Crippen LogP contribution is 2.26. The van der Waals surface area contributed by atoms with Crippen molar-refractivity contribution in [1.82, 2.24) is 19.7 Å². The van der Waals surface area contributed by atoms with Gasteiger partial charge in [0, 0.05) is 49.8 Å². The molecule has 152 valence electrons. The summed E-state index contributed by atoms with van der Waals surface area (Å²) in [5.74, 6) is 0.153. The first-order valence-electron chi connectivity index (χ1n) is 10.2. The number of β-amino-alcohol motifs (C(OH)–C–C–N with tert-alkyl or cyclic N) is 1. The minimum atomic E-state index is -0.493. The molecule has 0 aliphatic carbocycles. The average molecular weight is 393 g/mol. The minimum Gasteiger partial charge on any atom is -0.391 e. The molecule has 1 N–H and O–H groups in total. The monoisotopic (exact) mass is 392 g/mol. The average Bonchev–Trinajstić information content (AvgIpc) is 3.19. The van der Waals surface area contributed by atoms with E-state index in [0.29, 0.717) is 25.9 Å². The second-order valence-electron chi connectivity index (χ2n) is 8.09. The quantitative estimate of drug-likeness (QED) is 0.724. The molecule has 3 heterocycles. The maximum Gasteiger partial charge on any atom is 0.223 e. The van der Waals surface area contributed by atoms with Crippen LogP contribution in [0, 0.1) is 19.8 Å². The van der Waals surface area contributed by atoms with Gasteiger partial charge in [-0.1, -0.05) is 18.2 Å². The highest BCUT2D eigenvalue weighted by Gasteiger charge is 2.34. The van der Waals surface area contributed by atoms with Crippen molar-refractivity contribution in [1.29, 1.82) is 0 Å². The van der Waals surface area contributed by atoms with E-state index in [-0.39, 0.29) is 11.8 Å². The van der Waals surface area contributed by atoms with Gasteiger partial charge in [-0.15, -0.1) is 0 Å². The maximum atomic E-state index is 12.8. The molecule has 6 heteroatoms. The van der Waals surface area contributed by atoms with Crippen LogP contribution in [-0.2, 0) is 24.7 Å². The van der Waals surface area contributed by atoms with Crippen LogP contribution in [0.2, 0.25) is 0 Å². The predicted octanol–water partition coefficient (Wildman–Crippen LogP) is 2.58. The van der Waals surface area contributed by atoms with Crippen LogP contribution in [-0.4, -0.2) is 49.9 Å². The number of aryl methyl sites for hydroxylation is 2. The maximum absolute atomic E-state index is 12.8. The summed E-state index contributed by atoms with van der Waals surface area (Å²) in [6.07, 6.45) is 3.21. The Bertz CT molecular complexity index is 1040. The molecule has 2 aromatic heterocycles. The largest absolute Gasteiger partial charge is 0.391 e. The van der Waals surface area contributed by atoms with Gasteiger partial charge in [0.2, 0.25) is 5.91 Å². The molecule has 1 amide bonds. The van der Waals surface area contributed by atoms with Gasteiger partial charge >= 0.3 is 0 Å². The summed E-state index contributed by atoms with van der Waals surface area (Å²) in [7, 11) is 1.93. The van der Waals surface area contributed by atoms with Crippen molar-refractivity contribution in [3.63, 3.8) is 0 Å². The van der Waals surface area contributed by atoms with Crippen LogP contribution in [0.25, 0.3) is 10.9 Å². The number of pyridine rings is 1. The topological polar surface area (TPSA) is 71.2 Å². The van der Waals surface area contributed by atoms with Crippen LogP contribution in [0.15, 0.2) is 36.5 Å². The number of likely N-dealkylation sites (tertiary alicyclic amines) is 1. The summed E-state index contributed by atoms with van der Waals surface area (Å²) in [6, 6.07) is 10.1. The molecule has 1 aliphatic rings. The smallest absolute Gasteiger partial charge is 0.223 e. The van der Waals surface area contributed by atoms with Crippen molar-refractivity contribution in [3.05, 3.63) is 59.0 Å². The highest BCUT2D eigenvalue weighted by molar-refractivity contribution is 5.82.